The van der Waals surface area contributed by atoms with E-state index < -0.39 is 11.5 Å². The molecule has 0 radical (unpaired) electrons. The summed E-state index contributed by atoms with van der Waals surface area (Å²) in [7, 11) is 0. The number of allylic oxidation sites excluding steroid dienone is 3. The number of ketones is 2. The number of rotatable bonds is 1. The van der Waals surface area contributed by atoms with Crippen LogP contribution in [0.5, 0.6) is 0 Å². The summed E-state index contributed by atoms with van der Waals surface area (Å²) in [5, 5.41) is 0. The lowest BCUT2D eigenvalue weighted by molar-refractivity contribution is -0.142. The first-order valence-electron chi connectivity index (χ1n) is 6.46. The van der Waals surface area contributed by atoms with E-state index in [4.69, 9.17) is 4.74 Å². The molecule has 0 aromatic carbocycles. The molecule has 1 aliphatic heterocycles. The maximum atomic E-state index is 12.5. The molecule has 1 unspecified atom stereocenters. The number of hydrogen-bond acceptors (Lipinski definition) is 3. The quantitative estimate of drug-likeness (QED) is 0.712. The van der Waals surface area contributed by atoms with Gasteiger partial charge in [-0.25, -0.2) is 0 Å². The van der Waals surface area contributed by atoms with Crippen LogP contribution in [-0.2, 0) is 14.3 Å². The minimum absolute atomic E-state index is 0.0155. The van der Waals surface area contributed by atoms with E-state index in [0.717, 1.165) is 12.0 Å². The second kappa shape index (κ2) is 3.21. The summed E-state index contributed by atoms with van der Waals surface area (Å²) in [6, 6.07) is 0. The summed E-state index contributed by atoms with van der Waals surface area (Å²) >= 11 is 0. The zero-order valence-corrected chi connectivity index (χ0v) is 11.2. The summed E-state index contributed by atoms with van der Waals surface area (Å²) in [5.41, 5.74) is 0.497. The van der Waals surface area contributed by atoms with Gasteiger partial charge in [0.05, 0.1) is 11.0 Å². The molecule has 0 aromatic heterocycles. The van der Waals surface area contributed by atoms with E-state index in [1.165, 1.54) is 0 Å². The van der Waals surface area contributed by atoms with Crippen molar-refractivity contribution in [2.24, 2.45) is 11.3 Å². The van der Waals surface area contributed by atoms with Crippen molar-refractivity contribution in [2.75, 3.05) is 0 Å². The van der Waals surface area contributed by atoms with E-state index >= 15 is 0 Å². The second-order valence-electron chi connectivity index (χ2n) is 6.16. The molecule has 3 rings (SSSR count). The van der Waals surface area contributed by atoms with E-state index in [-0.39, 0.29) is 23.1 Å². The first kappa shape index (κ1) is 11.8. The van der Waals surface area contributed by atoms with Gasteiger partial charge >= 0.3 is 0 Å². The monoisotopic (exact) mass is 246 g/mol. The fourth-order valence-electron chi connectivity index (χ4n) is 3.56. The van der Waals surface area contributed by atoms with Gasteiger partial charge in [0.2, 0.25) is 0 Å². The summed E-state index contributed by atoms with van der Waals surface area (Å²) in [4.78, 5) is 24.9. The zero-order valence-electron chi connectivity index (χ0n) is 11.2. The minimum atomic E-state index is -0.556. The van der Waals surface area contributed by atoms with Gasteiger partial charge in [0.25, 0.3) is 0 Å². The minimum Gasteiger partial charge on any atom is -0.363 e. The van der Waals surface area contributed by atoms with Crippen molar-refractivity contribution in [3.63, 3.8) is 0 Å². The first-order chi connectivity index (χ1) is 8.34. The highest BCUT2D eigenvalue weighted by molar-refractivity contribution is 6.17. The third kappa shape index (κ3) is 1.18. The van der Waals surface area contributed by atoms with E-state index in [1.807, 2.05) is 33.8 Å². The van der Waals surface area contributed by atoms with Gasteiger partial charge in [-0.3, -0.25) is 9.59 Å². The second-order valence-corrected chi connectivity index (χ2v) is 6.16. The number of carbonyl (C=O) groups is 2. The van der Waals surface area contributed by atoms with Crippen LogP contribution in [-0.4, -0.2) is 23.3 Å². The average molecular weight is 246 g/mol. The van der Waals surface area contributed by atoms with Crippen molar-refractivity contribution in [3.8, 4) is 0 Å². The van der Waals surface area contributed by atoms with Crippen molar-refractivity contribution in [3.05, 3.63) is 23.3 Å². The topological polar surface area (TPSA) is 43.4 Å². The van der Waals surface area contributed by atoms with Crippen molar-refractivity contribution < 1.29 is 14.3 Å². The predicted octanol–water partition coefficient (Wildman–Crippen LogP) is 2.21. The molecule has 1 saturated heterocycles. The Morgan fingerprint density at radius 1 is 1.44 bits per heavy atom. The molecule has 2 fully saturated rings. The van der Waals surface area contributed by atoms with Crippen LogP contribution in [0.1, 0.15) is 34.1 Å². The molecule has 3 aliphatic rings. The Balaban J connectivity index is 2.07. The van der Waals surface area contributed by atoms with Gasteiger partial charge < -0.3 is 4.74 Å². The van der Waals surface area contributed by atoms with Crippen LogP contribution in [0, 0.1) is 11.3 Å². The molecule has 1 saturated carbocycles. The average Bonchev–Trinajstić information content (AvgIpc) is 3.02. The Bertz CT molecular complexity index is 524. The molecule has 0 aromatic rings. The van der Waals surface area contributed by atoms with Crippen LogP contribution in [0.2, 0.25) is 0 Å². The largest absolute Gasteiger partial charge is 0.363 e. The summed E-state index contributed by atoms with van der Waals surface area (Å²) in [6.07, 6.45) is 3.65. The van der Waals surface area contributed by atoms with Gasteiger partial charge in [-0.1, -0.05) is 6.08 Å². The smallest absolute Gasteiger partial charge is 0.193 e. The first-order valence-corrected chi connectivity index (χ1v) is 6.46. The Kier molecular flexibility index (Phi) is 2.11. The zero-order chi connectivity index (χ0) is 13.3. The molecule has 96 valence electrons. The number of Topliss-reactive ketones (excluding diaryl/α,β-unsaturated/α-hetero) is 1. The molecular formula is C15H18O3. The van der Waals surface area contributed by atoms with Gasteiger partial charge in [0, 0.05) is 11.5 Å². The third-order valence-corrected chi connectivity index (χ3v) is 4.83. The molecule has 3 heteroatoms. The molecule has 1 spiro atoms. The van der Waals surface area contributed by atoms with E-state index in [0.29, 0.717) is 5.57 Å². The fourth-order valence-corrected chi connectivity index (χ4v) is 3.56. The molecule has 18 heavy (non-hydrogen) atoms. The molecule has 3 atom stereocenters. The lowest BCUT2D eigenvalue weighted by atomic mass is 9.79. The van der Waals surface area contributed by atoms with Gasteiger partial charge in [-0.2, -0.15) is 0 Å². The van der Waals surface area contributed by atoms with Crippen LogP contribution >= 0.6 is 0 Å². The Morgan fingerprint density at radius 3 is 2.67 bits per heavy atom. The number of ether oxygens (including phenoxy) is 1. The van der Waals surface area contributed by atoms with Crippen LogP contribution < -0.4 is 0 Å². The summed E-state index contributed by atoms with van der Waals surface area (Å²) in [5.74, 6) is 0.271. The lowest BCUT2D eigenvalue weighted by Gasteiger charge is -2.28. The lowest BCUT2D eigenvalue weighted by Crippen LogP contribution is -2.41. The van der Waals surface area contributed by atoms with Crippen molar-refractivity contribution >= 4 is 11.6 Å². The van der Waals surface area contributed by atoms with E-state index in [1.54, 1.807) is 6.08 Å². The molecule has 3 nitrogen and oxygen atoms in total. The number of hydrogen-bond donors (Lipinski definition) is 0. The maximum Gasteiger partial charge on any atom is 0.193 e. The molecule has 0 amide bonds. The molecule has 2 aliphatic carbocycles. The highest BCUT2D eigenvalue weighted by atomic mass is 16.5. The predicted molar refractivity (Wildman–Crippen MR) is 67.0 cm³/mol. The van der Waals surface area contributed by atoms with Crippen LogP contribution in [0.25, 0.3) is 0 Å². The van der Waals surface area contributed by atoms with Gasteiger partial charge in [0.15, 0.2) is 11.6 Å². The van der Waals surface area contributed by atoms with Crippen LogP contribution in [0.4, 0.5) is 0 Å². The van der Waals surface area contributed by atoms with E-state index in [9.17, 15) is 9.59 Å². The standard InChI is InChI=1S/C15H18O3/c1-5-8(2)9-6-11(16)15-7-10(15)14(3,4)18-13(15)12(9)17/h5-6,10,13H,7H2,1-4H3/b8-5+/t10-,13?,15-/m0/s1. The van der Waals surface area contributed by atoms with Crippen molar-refractivity contribution in [1.29, 1.82) is 0 Å². The van der Waals surface area contributed by atoms with Crippen molar-refractivity contribution in [1.82, 2.24) is 0 Å². The highest BCUT2D eigenvalue weighted by Crippen LogP contribution is 2.69. The Morgan fingerprint density at radius 2 is 2.11 bits per heavy atom. The van der Waals surface area contributed by atoms with Crippen LogP contribution in [0.15, 0.2) is 23.3 Å². The summed E-state index contributed by atoms with van der Waals surface area (Å²) in [6.45, 7) is 7.69. The van der Waals surface area contributed by atoms with Crippen molar-refractivity contribution in [2.45, 2.75) is 45.8 Å². The number of carbonyl (C=O) groups excluding carboxylic acids is 2. The molecule has 1 heterocycles. The normalized spacial score (nSPS) is 41.3. The molecule has 0 N–H and O–H groups in total. The van der Waals surface area contributed by atoms with Crippen LogP contribution in [0.3, 0.4) is 0 Å². The summed E-state index contributed by atoms with van der Waals surface area (Å²) < 4.78 is 5.87. The van der Waals surface area contributed by atoms with E-state index in [2.05, 4.69) is 0 Å². The maximum absolute atomic E-state index is 12.5. The third-order valence-electron chi connectivity index (χ3n) is 4.83. The SMILES string of the molecule is C/C=C(\C)C1=CC(=O)[C@]23C[C@H]2C(C)(C)OC3C1=O. The molecular weight excluding hydrogens is 228 g/mol. The van der Waals surface area contributed by atoms with Gasteiger partial charge in [-0.15, -0.1) is 0 Å². The van der Waals surface area contributed by atoms with Gasteiger partial charge in [-0.05, 0) is 45.8 Å². The Labute approximate surface area is 107 Å². The fraction of sp³-hybridized carbons (Fsp3) is 0.600. The highest BCUT2D eigenvalue weighted by Gasteiger charge is 2.77. The van der Waals surface area contributed by atoms with Gasteiger partial charge in [0.1, 0.15) is 6.10 Å². The molecule has 0 bridgehead atoms. The Hall–Kier alpha value is -1.22.